The Labute approximate surface area is 164 Å². The number of carbonyl (C=O) groups excluding carboxylic acids is 1. The summed E-state index contributed by atoms with van der Waals surface area (Å²) in [6.07, 6.45) is 7.59. The summed E-state index contributed by atoms with van der Waals surface area (Å²) < 4.78 is 5.28. The number of rotatable bonds is 6. The van der Waals surface area contributed by atoms with Crippen molar-refractivity contribution in [2.24, 2.45) is 0 Å². The Hall–Kier alpha value is -3.15. The normalized spacial score (nSPS) is 14.6. The van der Waals surface area contributed by atoms with Gasteiger partial charge in [-0.05, 0) is 25.0 Å². The summed E-state index contributed by atoms with van der Waals surface area (Å²) >= 11 is 0. The fourth-order valence-corrected chi connectivity index (χ4v) is 3.48. The van der Waals surface area contributed by atoms with Crippen molar-refractivity contribution in [3.8, 4) is 11.4 Å². The third kappa shape index (κ3) is 4.57. The first-order valence-electron chi connectivity index (χ1n) is 9.79. The summed E-state index contributed by atoms with van der Waals surface area (Å²) in [5.74, 6) is 1.70. The first-order chi connectivity index (χ1) is 13.8. The topological polar surface area (TPSA) is 80.0 Å². The number of benzene rings is 1. The highest BCUT2D eigenvalue weighted by Gasteiger charge is 2.17. The van der Waals surface area contributed by atoms with Crippen LogP contribution in [0.1, 0.15) is 48.4 Å². The van der Waals surface area contributed by atoms with Gasteiger partial charge in [-0.3, -0.25) is 4.79 Å². The van der Waals surface area contributed by atoms with Crippen molar-refractivity contribution in [2.75, 3.05) is 5.32 Å². The van der Waals surface area contributed by atoms with E-state index in [4.69, 9.17) is 4.42 Å². The molecule has 2 N–H and O–H groups in total. The largest absolute Gasteiger partial charge is 0.467 e. The lowest BCUT2D eigenvalue weighted by atomic mass is 9.95. The monoisotopic (exact) mass is 376 g/mol. The first kappa shape index (κ1) is 18.2. The molecule has 6 heteroatoms. The molecule has 1 aromatic carbocycles. The van der Waals surface area contributed by atoms with E-state index in [1.54, 1.807) is 18.4 Å². The maximum atomic E-state index is 12.7. The Kier molecular flexibility index (Phi) is 5.66. The Morgan fingerprint density at radius 1 is 1.04 bits per heavy atom. The highest BCUT2D eigenvalue weighted by molar-refractivity contribution is 5.93. The Bertz CT molecular complexity index is 904. The smallest absolute Gasteiger partial charge is 0.270 e. The zero-order chi connectivity index (χ0) is 19.2. The summed E-state index contributed by atoms with van der Waals surface area (Å²) in [4.78, 5) is 21.9. The highest BCUT2D eigenvalue weighted by atomic mass is 16.3. The molecule has 1 amide bonds. The number of hydrogen-bond donors (Lipinski definition) is 2. The molecule has 0 bridgehead atoms. The third-order valence-electron chi connectivity index (χ3n) is 4.95. The molecule has 1 aliphatic rings. The van der Waals surface area contributed by atoms with Crippen molar-refractivity contribution in [2.45, 2.75) is 44.7 Å². The van der Waals surface area contributed by atoms with E-state index in [-0.39, 0.29) is 5.91 Å². The zero-order valence-corrected chi connectivity index (χ0v) is 15.7. The van der Waals surface area contributed by atoms with Crippen LogP contribution in [-0.2, 0) is 6.54 Å². The maximum Gasteiger partial charge on any atom is 0.270 e. The minimum Gasteiger partial charge on any atom is -0.467 e. The van der Waals surface area contributed by atoms with Gasteiger partial charge in [-0.15, -0.1) is 0 Å². The van der Waals surface area contributed by atoms with Gasteiger partial charge in [-0.25, -0.2) is 9.97 Å². The fourth-order valence-electron chi connectivity index (χ4n) is 3.48. The minimum atomic E-state index is -0.248. The van der Waals surface area contributed by atoms with Crippen LogP contribution < -0.4 is 10.6 Å². The molecule has 1 saturated carbocycles. The molecule has 0 atom stereocenters. The molecule has 144 valence electrons. The van der Waals surface area contributed by atoms with Crippen LogP contribution in [0.5, 0.6) is 0 Å². The fraction of sp³-hybridized carbons (Fsp3) is 0.318. The molecule has 2 heterocycles. The van der Waals surface area contributed by atoms with Gasteiger partial charge in [0.1, 0.15) is 17.3 Å². The predicted molar refractivity (Wildman–Crippen MR) is 108 cm³/mol. The molecular formula is C22H24N4O2. The molecule has 0 aliphatic heterocycles. The molecule has 3 aromatic rings. The zero-order valence-electron chi connectivity index (χ0n) is 15.7. The van der Waals surface area contributed by atoms with Crippen molar-refractivity contribution >= 4 is 11.7 Å². The van der Waals surface area contributed by atoms with Crippen molar-refractivity contribution in [3.05, 3.63) is 66.2 Å². The Morgan fingerprint density at radius 2 is 1.86 bits per heavy atom. The summed E-state index contributed by atoms with van der Waals surface area (Å²) in [6.45, 7) is 0.321. The molecule has 1 aliphatic carbocycles. The van der Waals surface area contributed by atoms with E-state index in [1.165, 1.54) is 19.3 Å². The quantitative estimate of drug-likeness (QED) is 0.666. The van der Waals surface area contributed by atoms with Gasteiger partial charge in [-0.1, -0.05) is 49.6 Å². The molecule has 0 spiro atoms. The SMILES string of the molecule is O=C(NCc1ccco1)c1cc(NC2CCCCC2)nc(-c2ccccc2)n1. The lowest BCUT2D eigenvalue weighted by Crippen LogP contribution is -2.26. The van der Waals surface area contributed by atoms with E-state index in [9.17, 15) is 4.79 Å². The number of furan rings is 1. The molecule has 0 saturated heterocycles. The second-order valence-electron chi connectivity index (χ2n) is 7.07. The molecule has 0 radical (unpaired) electrons. The number of amides is 1. The molecule has 1 fully saturated rings. The number of aromatic nitrogens is 2. The molecule has 2 aromatic heterocycles. The molecular weight excluding hydrogens is 352 g/mol. The van der Waals surface area contributed by atoms with Gasteiger partial charge < -0.3 is 15.1 Å². The van der Waals surface area contributed by atoms with Crippen LogP contribution in [0.2, 0.25) is 0 Å². The average molecular weight is 376 g/mol. The van der Waals surface area contributed by atoms with Gasteiger partial charge in [0.25, 0.3) is 5.91 Å². The van der Waals surface area contributed by atoms with Crippen molar-refractivity contribution in [1.82, 2.24) is 15.3 Å². The molecule has 28 heavy (non-hydrogen) atoms. The maximum absolute atomic E-state index is 12.7. The van der Waals surface area contributed by atoms with Gasteiger partial charge in [0, 0.05) is 17.7 Å². The van der Waals surface area contributed by atoms with E-state index >= 15 is 0 Å². The number of hydrogen-bond acceptors (Lipinski definition) is 5. The minimum absolute atomic E-state index is 0.248. The van der Waals surface area contributed by atoms with Crippen LogP contribution >= 0.6 is 0 Å². The van der Waals surface area contributed by atoms with Crippen LogP contribution in [0.4, 0.5) is 5.82 Å². The number of anilines is 1. The summed E-state index contributed by atoms with van der Waals surface area (Å²) in [6, 6.07) is 15.5. The van der Waals surface area contributed by atoms with Gasteiger partial charge in [0.2, 0.25) is 0 Å². The first-order valence-corrected chi connectivity index (χ1v) is 9.79. The van der Waals surface area contributed by atoms with E-state index in [0.29, 0.717) is 35.7 Å². The summed E-state index contributed by atoms with van der Waals surface area (Å²) in [5, 5.41) is 6.37. The van der Waals surface area contributed by atoms with E-state index < -0.39 is 0 Å². The Morgan fingerprint density at radius 3 is 2.61 bits per heavy atom. The average Bonchev–Trinajstić information content (AvgIpc) is 3.27. The van der Waals surface area contributed by atoms with Crippen LogP contribution in [0, 0.1) is 0 Å². The predicted octanol–water partition coefficient (Wildman–Crippen LogP) is 4.41. The third-order valence-corrected chi connectivity index (χ3v) is 4.95. The van der Waals surface area contributed by atoms with Crippen molar-refractivity contribution in [3.63, 3.8) is 0 Å². The second kappa shape index (κ2) is 8.69. The Balaban J connectivity index is 1.58. The summed E-state index contributed by atoms with van der Waals surface area (Å²) in [7, 11) is 0. The highest BCUT2D eigenvalue weighted by Crippen LogP contribution is 2.23. The molecule has 0 unspecified atom stereocenters. The number of nitrogens with zero attached hydrogens (tertiary/aromatic N) is 2. The van der Waals surface area contributed by atoms with Crippen molar-refractivity contribution < 1.29 is 9.21 Å². The van der Waals surface area contributed by atoms with Crippen LogP contribution in [0.15, 0.2) is 59.2 Å². The van der Waals surface area contributed by atoms with Crippen LogP contribution in [-0.4, -0.2) is 21.9 Å². The van der Waals surface area contributed by atoms with Crippen molar-refractivity contribution in [1.29, 1.82) is 0 Å². The van der Waals surface area contributed by atoms with Gasteiger partial charge in [0.15, 0.2) is 5.82 Å². The van der Waals surface area contributed by atoms with Crippen LogP contribution in [0.3, 0.4) is 0 Å². The van der Waals surface area contributed by atoms with E-state index in [2.05, 4.69) is 20.6 Å². The number of nitrogens with one attached hydrogen (secondary N) is 2. The lowest BCUT2D eigenvalue weighted by Gasteiger charge is -2.23. The van der Waals surface area contributed by atoms with E-state index in [0.717, 1.165) is 18.4 Å². The molecule has 4 rings (SSSR count). The van der Waals surface area contributed by atoms with Gasteiger partial charge in [0.05, 0.1) is 12.8 Å². The van der Waals surface area contributed by atoms with Gasteiger partial charge in [-0.2, -0.15) is 0 Å². The standard InChI is InChI=1S/C22H24N4O2/c27-22(23-15-18-12-7-13-28-18)19-14-20(24-17-10-5-2-6-11-17)26-21(25-19)16-8-3-1-4-9-16/h1,3-4,7-9,12-14,17H,2,5-6,10-11,15H2,(H,23,27)(H,24,25,26). The van der Waals surface area contributed by atoms with E-state index in [1.807, 2.05) is 36.4 Å². The van der Waals surface area contributed by atoms with Gasteiger partial charge >= 0.3 is 0 Å². The lowest BCUT2D eigenvalue weighted by molar-refractivity contribution is 0.0943. The summed E-state index contributed by atoms with van der Waals surface area (Å²) in [5.41, 5.74) is 1.23. The molecule has 6 nitrogen and oxygen atoms in total. The number of carbonyl (C=O) groups is 1. The van der Waals surface area contributed by atoms with Crippen LogP contribution in [0.25, 0.3) is 11.4 Å². The second-order valence-corrected chi connectivity index (χ2v) is 7.07.